The number of allylic oxidation sites excluding steroid dienone is 2. The molecular formula is C22H30N2O3. The van der Waals surface area contributed by atoms with Gasteiger partial charge in [0.15, 0.2) is 0 Å². The third-order valence-electron chi connectivity index (χ3n) is 7.99. The quantitative estimate of drug-likeness (QED) is 0.598. The molecule has 1 heterocycles. The summed E-state index contributed by atoms with van der Waals surface area (Å²) in [5, 5.41) is 3.16. The van der Waals surface area contributed by atoms with Gasteiger partial charge in [-0.05, 0) is 74.5 Å². The molecule has 1 saturated heterocycles. The molecule has 3 amide bonds. The summed E-state index contributed by atoms with van der Waals surface area (Å²) in [6.07, 6.45) is 13.6. The molecule has 5 nitrogen and oxygen atoms in total. The smallest absolute Gasteiger partial charge is 0.233 e. The average Bonchev–Trinajstić information content (AvgIpc) is 2.88. The van der Waals surface area contributed by atoms with Gasteiger partial charge in [0.2, 0.25) is 17.7 Å². The van der Waals surface area contributed by atoms with Crippen LogP contribution in [0.1, 0.15) is 57.8 Å². The van der Waals surface area contributed by atoms with Gasteiger partial charge in [-0.2, -0.15) is 0 Å². The third-order valence-corrected chi connectivity index (χ3v) is 7.99. The number of carbonyl (C=O) groups excluding carboxylic acids is 3. The van der Waals surface area contributed by atoms with Crippen molar-refractivity contribution in [1.82, 2.24) is 10.2 Å². The molecule has 1 aliphatic heterocycles. The van der Waals surface area contributed by atoms with E-state index in [1.54, 1.807) is 0 Å². The van der Waals surface area contributed by atoms with Crippen molar-refractivity contribution in [2.75, 3.05) is 13.1 Å². The van der Waals surface area contributed by atoms with Crippen LogP contribution >= 0.6 is 0 Å². The molecule has 2 unspecified atom stereocenters. The fraction of sp³-hybridized carbons (Fsp3) is 0.773. The highest BCUT2D eigenvalue weighted by Gasteiger charge is 2.51. The lowest BCUT2D eigenvalue weighted by Crippen LogP contribution is -2.51. The number of hydrogen-bond donors (Lipinski definition) is 1. The lowest BCUT2D eigenvalue weighted by Gasteiger charge is -2.56. The molecule has 4 bridgehead atoms. The van der Waals surface area contributed by atoms with Gasteiger partial charge in [-0.1, -0.05) is 12.2 Å². The van der Waals surface area contributed by atoms with Crippen molar-refractivity contribution in [2.24, 2.45) is 35.0 Å². The van der Waals surface area contributed by atoms with Crippen LogP contribution in [0.15, 0.2) is 12.2 Å². The summed E-state index contributed by atoms with van der Waals surface area (Å²) >= 11 is 0. The minimum Gasteiger partial charge on any atom is -0.355 e. The van der Waals surface area contributed by atoms with Crippen LogP contribution in [-0.4, -0.2) is 35.7 Å². The van der Waals surface area contributed by atoms with E-state index in [9.17, 15) is 14.4 Å². The van der Waals surface area contributed by atoms with Crippen molar-refractivity contribution in [1.29, 1.82) is 0 Å². The Balaban J connectivity index is 1.13. The Morgan fingerprint density at radius 2 is 1.48 bits per heavy atom. The second-order valence-corrected chi connectivity index (χ2v) is 9.93. The van der Waals surface area contributed by atoms with Gasteiger partial charge in [0.25, 0.3) is 0 Å². The highest BCUT2D eigenvalue weighted by molar-refractivity contribution is 6.05. The van der Waals surface area contributed by atoms with Crippen LogP contribution in [-0.2, 0) is 14.4 Å². The Bertz CT molecular complexity index is 636. The van der Waals surface area contributed by atoms with E-state index in [1.165, 1.54) is 43.4 Å². The van der Waals surface area contributed by atoms with Gasteiger partial charge in [0, 0.05) is 19.5 Å². The molecule has 0 spiro atoms. The lowest BCUT2D eigenvalue weighted by molar-refractivity contribution is -0.140. The predicted octanol–water partition coefficient (Wildman–Crippen LogP) is 2.66. The molecule has 0 radical (unpaired) electrons. The largest absolute Gasteiger partial charge is 0.355 e. The zero-order chi connectivity index (χ0) is 18.6. The Hall–Kier alpha value is -1.65. The van der Waals surface area contributed by atoms with E-state index in [0.29, 0.717) is 18.3 Å². The number of likely N-dealkylation sites (tertiary alicyclic amines) is 1. The first kappa shape index (κ1) is 17.4. The van der Waals surface area contributed by atoms with E-state index >= 15 is 0 Å². The normalized spacial score (nSPS) is 41.9. The van der Waals surface area contributed by atoms with Crippen molar-refractivity contribution in [3.63, 3.8) is 0 Å². The molecule has 0 aromatic heterocycles. The molecule has 5 fully saturated rings. The highest BCUT2D eigenvalue weighted by atomic mass is 16.2. The molecular weight excluding hydrogens is 340 g/mol. The van der Waals surface area contributed by atoms with Crippen LogP contribution in [0.25, 0.3) is 0 Å². The summed E-state index contributed by atoms with van der Waals surface area (Å²) < 4.78 is 0. The Kier molecular flexibility index (Phi) is 4.17. The molecule has 5 heteroatoms. The number of carbonyl (C=O) groups is 3. The monoisotopic (exact) mass is 370 g/mol. The number of fused-ring (bicyclic) bond motifs is 1. The van der Waals surface area contributed by atoms with Crippen molar-refractivity contribution in [2.45, 2.75) is 57.8 Å². The molecule has 4 saturated carbocycles. The number of amides is 3. The number of hydrogen-bond acceptors (Lipinski definition) is 3. The van der Waals surface area contributed by atoms with Gasteiger partial charge in [0.1, 0.15) is 0 Å². The van der Waals surface area contributed by atoms with Crippen LogP contribution in [0.5, 0.6) is 0 Å². The molecule has 6 aliphatic rings. The Morgan fingerprint density at radius 3 is 2.00 bits per heavy atom. The first-order valence-corrected chi connectivity index (χ1v) is 10.8. The minimum absolute atomic E-state index is 0.0145. The summed E-state index contributed by atoms with van der Waals surface area (Å²) in [6.45, 7) is 1.02. The summed E-state index contributed by atoms with van der Waals surface area (Å²) in [4.78, 5) is 38.8. The number of nitrogens with zero attached hydrogens (tertiary/aromatic N) is 1. The second kappa shape index (κ2) is 6.46. The van der Waals surface area contributed by atoms with Crippen LogP contribution in [0.3, 0.4) is 0 Å². The lowest BCUT2D eigenvalue weighted by atomic mass is 9.49. The maximum absolute atomic E-state index is 12.5. The Labute approximate surface area is 160 Å². The summed E-state index contributed by atoms with van der Waals surface area (Å²) in [7, 11) is 0. The van der Waals surface area contributed by atoms with E-state index < -0.39 is 0 Å². The van der Waals surface area contributed by atoms with Gasteiger partial charge >= 0.3 is 0 Å². The zero-order valence-corrected chi connectivity index (χ0v) is 16.0. The predicted molar refractivity (Wildman–Crippen MR) is 100 cm³/mol. The minimum atomic E-state index is -0.197. The highest BCUT2D eigenvalue weighted by Crippen LogP contribution is 2.59. The molecule has 27 heavy (non-hydrogen) atoms. The molecule has 5 aliphatic carbocycles. The summed E-state index contributed by atoms with van der Waals surface area (Å²) in [5.74, 6) is 2.07. The maximum atomic E-state index is 12.5. The molecule has 6 rings (SSSR count). The van der Waals surface area contributed by atoms with Crippen molar-refractivity contribution >= 4 is 17.7 Å². The van der Waals surface area contributed by atoms with Crippen molar-refractivity contribution < 1.29 is 14.4 Å². The fourth-order valence-corrected chi connectivity index (χ4v) is 7.18. The van der Waals surface area contributed by atoms with E-state index in [4.69, 9.17) is 0 Å². The summed E-state index contributed by atoms with van der Waals surface area (Å²) in [5.41, 5.74) is 0.324. The van der Waals surface area contributed by atoms with Crippen LogP contribution in [0.4, 0.5) is 0 Å². The van der Waals surface area contributed by atoms with Gasteiger partial charge in [-0.25, -0.2) is 0 Å². The van der Waals surface area contributed by atoms with E-state index in [1.807, 2.05) is 12.2 Å². The first-order chi connectivity index (χ1) is 13.0. The second-order valence-electron chi connectivity index (χ2n) is 9.93. The SMILES string of the molecule is O=C(CCN1C(=O)C2CC=CCC2C1=O)NCC12CC3CC(CC(C3)C1)C2. The van der Waals surface area contributed by atoms with E-state index in [-0.39, 0.29) is 42.5 Å². The standard InChI is InChI=1S/C22H30N2O3/c25-19(5-6-24-20(26)17-3-1-2-4-18(17)21(24)27)23-13-22-10-14-7-15(11-22)9-16(8-14)12-22/h1-2,14-18H,3-13H2,(H,23,25). The van der Waals surface area contributed by atoms with E-state index in [2.05, 4.69) is 5.32 Å². The number of rotatable bonds is 5. The van der Waals surface area contributed by atoms with Crippen molar-refractivity contribution in [3.8, 4) is 0 Å². The molecule has 2 atom stereocenters. The maximum Gasteiger partial charge on any atom is 0.233 e. The third kappa shape index (κ3) is 3.03. The zero-order valence-electron chi connectivity index (χ0n) is 16.0. The topological polar surface area (TPSA) is 66.5 Å². The molecule has 1 N–H and O–H groups in total. The van der Waals surface area contributed by atoms with Crippen LogP contribution in [0.2, 0.25) is 0 Å². The van der Waals surface area contributed by atoms with Gasteiger partial charge < -0.3 is 5.32 Å². The first-order valence-electron chi connectivity index (χ1n) is 10.8. The summed E-state index contributed by atoms with van der Waals surface area (Å²) in [6, 6.07) is 0. The fourth-order valence-electron chi connectivity index (χ4n) is 7.18. The van der Waals surface area contributed by atoms with Crippen LogP contribution in [0, 0.1) is 35.0 Å². The number of imide groups is 1. The van der Waals surface area contributed by atoms with Gasteiger partial charge in [-0.3, -0.25) is 19.3 Å². The average molecular weight is 370 g/mol. The van der Waals surface area contributed by atoms with Gasteiger partial charge in [-0.15, -0.1) is 0 Å². The number of nitrogens with one attached hydrogen (secondary N) is 1. The molecule has 0 aromatic carbocycles. The van der Waals surface area contributed by atoms with E-state index in [0.717, 1.165) is 24.3 Å². The molecule has 146 valence electrons. The van der Waals surface area contributed by atoms with Gasteiger partial charge in [0.05, 0.1) is 11.8 Å². The Morgan fingerprint density at radius 1 is 0.963 bits per heavy atom. The molecule has 0 aromatic rings. The van der Waals surface area contributed by atoms with Crippen LogP contribution < -0.4 is 5.32 Å². The van der Waals surface area contributed by atoms with Crippen molar-refractivity contribution in [3.05, 3.63) is 12.2 Å².